The van der Waals surface area contributed by atoms with E-state index in [0.717, 1.165) is 35.7 Å². The second kappa shape index (κ2) is 6.63. The summed E-state index contributed by atoms with van der Waals surface area (Å²) in [6.07, 6.45) is 10.7. The van der Waals surface area contributed by atoms with Gasteiger partial charge in [-0.25, -0.2) is 9.97 Å². The van der Waals surface area contributed by atoms with Gasteiger partial charge in [0.05, 0.1) is 18.1 Å². The molecule has 0 saturated heterocycles. The van der Waals surface area contributed by atoms with E-state index < -0.39 is 0 Å². The number of nitrogens with zero attached hydrogens (tertiary/aromatic N) is 4. The van der Waals surface area contributed by atoms with E-state index in [2.05, 4.69) is 43.9 Å². The highest BCUT2D eigenvalue weighted by Gasteiger charge is 2.27. The number of anilines is 1. The van der Waals surface area contributed by atoms with Crippen molar-refractivity contribution in [2.24, 2.45) is 0 Å². The predicted octanol–water partition coefficient (Wildman–Crippen LogP) is 3.87. The SMILES string of the molecule is Nc1ncnc2c1ccn2C1CCC(OCc2ccc3cnccc3c2)C1. The summed E-state index contributed by atoms with van der Waals surface area (Å²) < 4.78 is 8.44. The first-order valence-corrected chi connectivity index (χ1v) is 9.29. The first kappa shape index (κ1) is 16.2. The molecular formula is C21H21N5O. The summed E-state index contributed by atoms with van der Waals surface area (Å²) in [6, 6.07) is 10.8. The van der Waals surface area contributed by atoms with Crippen molar-refractivity contribution in [3.8, 4) is 0 Å². The molecule has 1 saturated carbocycles. The Kier molecular flexibility index (Phi) is 3.98. The minimum Gasteiger partial charge on any atom is -0.383 e. The van der Waals surface area contributed by atoms with Gasteiger partial charge in [-0.15, -0.1) is 0 Å². The number of hydrogen-bond donors (Lipinski definition) is 1. The lowest BCUT2D eigenvalue weighted by Crippen LogP contribution is -2.11. The predicted molar refractivity (Wildman–Crippen MR) is 105 cm³/mol. The van der Waals surface area contributed by atoms with E-state index in [-0.39, 0.29) is 6.10 Å². The Morgan fingerprint density at radius 1 is 1.11 bits per heavy atom. The van der Waals surface area contributed by atoms with Crippen molar-refractivity contribution in [2.45, 2.75) is 38.0 Å². The normalized spacial score (nSPS) is 19.9. The molecule has 4 aromatic rings. The Labute approximate surface area is 157 Å². The number of nitrogen functional groups attached to an aromatic ring is 1. The molecular weight excluding hydrogens is 338 g/mol. The molecule has 0 radical (unpaired) electrons. The lowest BCUT2D eigenvalue weighted by Gasteiger charge is -2.15. The molecule has 5 rings (SSSR count). The van der Waals surface area contributed by atoms with Crippen molar-refractivity contribution in [3.05, 3.63) is 60.8 Å². The van der Waals surface area contributed by atoms with E-state index in [1.807, 2.05) is 24.5 Å². The average Bonchev–Trinajstić information content (AvgIpc) is 3.33. The quantitative estimate of drug-likeness (QED) is 0.598. The number of nitrogens with two attached hydrogens (primary N) is 1. The van der Waals surface area contributed by atoms with Crippen molar-refractivity contribution in [2.75, 3.05) is 5.73 Å². The van der Waals surface area contributed by atoms with Crippen LogP contribution in [0.25, 0.3) is 21.8 Å². The molecule has 6 nitrogen and oxygen atoms in total. The van der Waals surface area contributed by atoms with Crippen LogP contribution in [0.4, 0.5) is 5.82 Å². The summed E-state index contributed by atoms with van der Waals surface area (Å²) in [6.45, 7) is 0.636. The van der Waals surface area contributed by atoms with Crippen LogP contribution in [0, 0.1) is 0 Å². The van der Waals surface area contributed by atoms with Crippen molar-refractivity contribution in [1.82, 2.24) is 19.5 Å². The standard InChI is InChI=1S/C21H21N5O/c22-20-19-6-8-26(21(19)25-13-24-20)17-3-4-18(10-17)27-12-14-1-2-16-11-23-7-5-15(16)9-14/h1-2,5-9,11,13,17-18H,3-4,10,12H2,(H2,22,24,25). The molecule has 3 heterocycles. The average molecular weight is 359 g/mol. The molecule has 0 spiro atoms. The number of ether oxygens (including phenoxy) is 1. The Morgan fingerprint density at radius 3 is 3.04 bits per heavy atom. The zero-order valence-corrected chi connectivity index (χ0v) is 15.0. The fourth-order valence-electron chi connectivity index (χ4n) is 4.04. The van der Waals surface area contributed by atoms with Crippen LogP contribution in [-0.2, 0) is 11.3 Å². The third-order valence-corrected chi connectivity index (χ3v) is 5.48. The highest BCUT2D eigenvalue weighted by Crippen LogP contribution is 2.35. The summed E-state index contributed by atoms with van der Waals surface area (Å²) in [5.74, 6) is 0.538. The molecule has 2 unspecified atom stereocenters. The molecule has 1 aliphatic carbocycles. The van der Waals surface area contributed by atoms with Crippen LogP contribution in [0.15, 0.2) is 55.2 Å². The molecule has 0 aliphatic heterocycles. The summed E-state index contributed by atoms with van der Waals surface area (Å²) in [5, 5.41) is 3.28. The molecule has 3 aromatic heterocycles. The van der Waals surface area contributed by atoms with E-state index in [1.54, 1.807) is 0 Å². The number of rotatable bonds is 4. The minimum atomic E-state index is 0.264. The number of aromatic nitrogens is 4. The molecule has 0 bridgehead atoms. The summed E-state index contributed by atoms with van der Waals surface area (Å²) >= 11 is 0. The van der Waals surface area contributed by atoms with Crippen molar-refractivity contribution in [3.63, 3.8) is 0 Å². The van der Waals surface area contributed by atoms with Crippen molar-refractivity contribution in [1.29, 1.82) is 0 Å². The zero-order chi connectivity index (χ0) is 18.2. The van der Waals surface area contributed by atoms with Gasteiger partial charge in [-0.05, 0) is 48.4 Å². The highest BCUT2D eigenvalue weighted by atomic mass is 16.5. The topological polar surface area (TPSA) is 78.8 Å². The first-order valence-electron chi connectivity index (χ1n) is 9.29. The molecule has 1 fully saturated rings. The number of benzene rings is 1. The smallest absolute Gasteiger partial charge is 0.145 e. The minimum absolute atomic E-state index is 0.264. The Morgan fingerprint density at radius 2 is 2.07 bits per heavy atom. The van der Waals surface area contributed by atoms with E-state index in [1.165, 1.54) is 17.3 Å². The Balaban J connectivity index is 1.27. The number of hydrogen-bond acceptors (Lipinski definition) is 5. The highest BCUT2D eigenvalue weighted by molar-refractivity contribution is 5.86. The summed E-state index contributed by atoms with van der Waals surface area (Å²) in [7, 11) is 0. The summed E-state index contributed by atoms with van der Waals surface area (Å²) in [4.78, 5) is 12.7. The monoisotopic (exact) mass is 359 g/mol. The van der Waals surface area contributed by atoms with Crippen LogP contribution in [0.5, 0.6) is 0 Å². The van der Waals surface area contributed by atoms with E-state index in [0.29, 0.717) is 18.5 Å². The molecule has 1 aromatic carbocycles. The van der Waals surface area contributed by atoms with Crippen LogP contribution >= 0.6 is 0 Å². The Hall–Kier alpha value is -2.99. The van der Waals surface area contributed by atoms with Gasteiger partial charge in [0.1, 0.15) is 17.8 Å². The third kappa shape index (κ3) is 3.02. The van der Waals surface area contributed by atoms with Crippen molar-refractivity contribution >= 4 is 27.6 Å². The molecule has 6 heteroatoms. The van der Waals surface area contributed by atoms with Crippen LogP contribution in [0.3, 0.4) is 0 Å². The van der Waals surface area contributed by atoms with Gasteiger partial charge in [0, 0.05) is 30.0 Å². The van der Waals surface area contributed by atoms with Gasteiger partial charge < -0.3 is 15.0 Å². The second-order valence-electron chi connectivity index (χ2n) is 7.18. The summed E-state index contributed by atoms with van der Waals surface area (Å²) in [5.41, 5.74) is 8.07. The van der Waals surface area contributed by atoms with E-state index in [9.17, 15) is 0 Å². The lowest BCUT2D eigenvalue weighted by atomic mass is 10.1. The Bertz CT molecular complexity index is 1110. The molecule has 0 amide bonds. The van der Waals surface area contributed by atoms with Crippen LogP contribution in [0.1, 0.15) is 30.9 Å². The molecule has 2 atom stereocenters. The van der Waals surface area contributed by atoms with E-state index >= 15 is 0 Å². The van der Waals surface area contributed by atoms with Gasteiger partial charge in [0.15, 0.2) is 0 Å². The molecule has 27 heavy (non-hydrogen) atoms. The number of fused-ring (bicyclic) bond motifs is 2. The molecule has 2 N–H and O–H groups in total. The fourth-order valence-corrected chi connectivity index (χ4v) is 4.04. The fraction of sp³-hybridized carbons (Fsp3) is 0.286. The van der Waals surface area contributed by atoms with Gasteiger partial charge in [0.25, 0.3) is 0 Å². The van der Waals surface area contributed by atoms with Crippen LogP contribution in [-0.4, -0.2) is 25.6 Å². The zero-order valence-electron chi connectivity index (χ0n) is 15.0. The largest absolute Gasteiger partial charge is 0.383 e. The van der Waals surface area contributed by atoms with Crippen LogP contribution < -0.4 is 5.73 Å². The van der Waals surface area contributed by atoms with Crippen molar-refractivity contribution < 1.29 is 4.74 Å². The molecule has 136 valence electrons. The second-order valence-corrected chi connectivity index (χ2v) is 7.18. The van der Waals surface area contributed by atoms with E-state index in [4.69, 9.17) is 10.5 Å². The van der Waals surface area contributed by atoms with Crippen LogP contribution in [0.2, 0.25) is 0 Å². The van der Waals surface area contributed by atoms with Gasteiger partial charge in [-0.1, -0.05) is 12.1 Å². The first-order chi connectivity index (χ1) is 13.3. The van der Waals surface area contributed by atoms with Gasteiger partial charge >= 0.3 is 0 Å². The maximum Gasteiger partial charge on any atom is 0.145 e. The number of pyridine rings is 1. The maximum atomic E-state index is 6.22. The van der Waals surface area contributed by atoms with Gasteiger partial charge in [0.2, 0.25) is 0 Å². The van der Waals surface area contributed by atoms with Gasteiger partial charge in [-0.2, -0.15) is 0 Å². The lowest BCUT2D eigenvalue weighted by molar-refractivity contribution is 0.0434. The maximum absolute atomic E-state index is 6.22. The molecule has 1 aliphatic rings. The van der Waals surface area contributed by atoms with Gasteiger partial charge in [-0.3, -0.25) is 4.98 Å². The third-order valence-electron chi connectivity index (χ3n) is 5.48.